The van der Waals surface area contributed by atoms with E-state index in [4.69, 9.17) is 4.74 Å². The number of hydrogen-bond donors (Lipinski definition) is 0. The minimum absolute atomic E-state index is 0.0970. The summed E-state index contributed by atoms with van der Waals surface area (Å²) in [7, 11) is 0. The summed E-state index contributed by atoms with van der Waals surface area (Å²) in [6.45, 7) is 16.4. The van der Waals surface area contributed by atoms with Crippen molar-refractivity contribution < 1.29 is 9.53 Å². The van der Waals surface area contributed by atoms with Gasteiger partial charge in [-0.25, -0.2) is 0 Å². The van der Waals surface area contributed by atoms with E-state index in [-0.39, 0.29) is 12.1 Å². The van der Waals surface area contributed by atoms with Gasteiger partial charge in [-0.2, -0.15) is 0 Å². The quantitative estimate of drug-likeness (QED) is 0.162. The molecule has 3 unspecified atom stereocenters. The predicted octanol–water partition coefficient (Wildman–Crippen LogP) is 9.34. The van der Waals surface area contributed by atoms with Crippen LogP contribution >= 0.6 is 31.9 Å². The molecule has 35 heavy (non-hydrogen) atoms. The molecule has 0 aromatic rings. The number of carbonyl (C=O) groups is 1. The van der Waals surface area contributed by atoms with Crippen molar-refractivity contribution in [3.63, 3.8) is 0 Å². The highest BCUT2D eigenvalue weighted by atomic mass is 79.9. The molecule has 0 spiro atoms. The Morgan fingerprint density at radius 3 is 2.40 bits per heavy atom. The number of halogens is 2. The molecule has 0 aliphatic heterocycles. The zero-order valence-electron chi connectivity index (χ0n) is 23.3. The molecule has 0 saturated heterocycles. The molecule has 0 N–H and O–H groups in total. The summed E-state index contributed by atoms with van der Waals surface area (Å²) in [5.74, 6) is 5.28. The number of carbonyl (C=O) groups excluding carboxylic acids is 1. The molecule has 4 heteroatoms. The molecule has 0 heterocycles. The van der Waals surface area contributed by atoms with E-state index >= 15 is 0 Å². The summed E-state index contributed by atoms with van der Waals surface area (Å²) in [5.41, 5.74) is 2.38. The smallest absolute Gasteiger partial charge is 0.302 e. The fraction of sp³-hybridized carbons (Fsp3) is 0.903. The van der Waals surface area contributed by atoms with Gasteiger partial charge in [0, 0.05) is 23.0 Å². The minimum atomic E-state index is -0.123. The largest absolute Gasteiger partial charge is 0.462 e. The van der Waals surface area contributed by atoms with Crippen molar-refractivity contribution in [2.24, 2.45) is 52.3 Å². The number of esters is 1. The van der Waals surface area contributed by atoms with Gasteiger partial charge in [-0.05, 0) is 97.2 Å². The first-order valence-electron chi connectivity index (χ1n) is 14.6. The fourth-order valence-electron chi connectivity index (χ4n) is 9.68. The van der Waals surface area contributed by atoms with E-state index in [0.29, 0.717) is 38.2 Å². The van der Waals surface area contributed by atoms with Crippen molar-refractivity contribution in [3.8, 4) is 0 Å². The minimum Gasteiger partial charge on any atom is -0.462 e. The monoisotopic (exact) mass is 612 g/mol. The molecule has 4 aliphatic carbocycles. The van der Waals surface area contributed by atoms with Crippen LogP contribution in [-0.2, 0) is 9.53 Å². The average Bonchev–Trinajstić information content (AvgIpc) is 3.15. The van der Waals surface area contributed by atoms with E-state index < -0.39 is 0 Å². The van der Waals surface area contributed by atoms with E-state index in [9.17, 15) is 4.79 Å². The third kappa shape index (κ3) is 4.99. The summed E-state index contributed by atoms with van der Waals surface area (Å²) in [6, 6.07) is 0. The van der Waals surface area contributed by atoms with Crippen LogP contribution in [0, 0.1) is 52.3 Å². The maximum absolute atomic E-state index is 11.6. The standard InChI is InChI=1S/C31H50Br2O2/c1-8-23(18(2)3)29(33)28(32)19(4)25-11-12-26-24-10-9-21-17-22(35-20(5)34)13-15-30(21,6)27(24)14-16-31(25,26)7/h9,18-19,22-29H,8,10-17H2,1-7H3/t19-,22?,23-,24-,25+,26-,27-,28?,29?,30-,31+/m0/s1. The normalized spacial score (nSPS) is 42.2. The van der Waals surface area contributed by atoms with Crippen LogP contribution < -0.4 is 0 Å². The third-order valence-corrected chi connectivity index (χ3v) is 15.0. The lowest BCUT2D eigenvalue weighted by Crippen LogP contribution is -2.51. The van der Waals surface area contributed by atoms with Crippen LogP contribution in [0.5, 0.6) is 0 Å². The molecule has 0 amide bonds. The maximum atomic E-state index is 11.6. The molecule has 4 rings (SSSR count). The first-order valence-corrected chi connectivity index (χ1v) is 16.4. The van der Waals surface area contributed by atoms with Gasteiger partial charge in [0.1, 0.15) is 6.10 Å². The van der Waals surface area contributed by atoms with Crippen molar-refractivity contribution in [3.05, 3.63) is 11.6 Å². The van der Waals surface area contributed by atoms with Gasteiger partial charge in [0.05, 0.1) is 0 Å². The molecule has 0 aromatic heterocycles. The summed E-state index contributed by atoms with van der Waals surface area (Å²) in [6.07, 6.45) is 13.9. The van der Waals surface area contributed by atoms with E-state index in [0.717, 1.165) is 36.5 Å². The molecule has 3 saturated carbocycles. The van der Waals surface area contributed by atoms with Gasteiger partial charge in [0.25, 0.3) is 0 Å². The lowest BCUT2D eigenvalue weighted by molar-refractivity contribution is -0.148. The summed E-state index contributed by atoms with van der Waals surface area (Å²) >= 11 is 8.38. The first-order chi connectivity index (χ1) is 16.4. The van der Waals surface area contributed by atoms with E-state index in [2.05, 4.69) is 79.5 Å². The lowest BCUT2D eigenvalue weighted by atomic mass is 9.47. The summed E-state index contributed by atoms with van der Waals surface area (Å²) < 4.78 is 5.64. The van der Waals surface area contributed by atoms with Gasteiger partial charge < -0.3 is 4.74 Å². The second-order valence-corrected chi connectivity index (χ2v) is 15.6. The van der Waals surface area contributed by atoms with E-state index in [1.54, 1.807) is 12.5 Å². The zero-order chi connectivity index (χ0) is 25.7. The molecular formula is C31H50Br2O2. The topological polar surface area (TPSA) is 26.3 Å². The van der Waals surface area contributed by atoms with Gasteiger partial charge in [0.15, 0.2) is 0 Å². The molecule has 3 fully saturated rings. The van der Waals surface area contributed by atoms with Crippen LogP contribution in [0.2, 0.25) is 0 Å². The zero-order valence-corrected chi connectivity index (χ0v) is 26.5. The Balaban J connectivity index is 1.50. The second-order valence-electron chi connectivity index (χ2n) is 13.5. The van der Waals surface area contributed by atoms with Crippen LogP contribution in [0.3, 0.4) is 0 Å². The molecule has 0 radical (unpaired) electrons. The van der Waals surface area contributed by atoms with Crippen molar-refractivity contribution in [2.45, 2.75) is 122 Å². The van der Waals surface area contributed by atoms with Crippen molar-refractivity contribution in [2.75, 3.05) is 0 Å². The molecule has 200 valence electrons. The van der Waals surface area contributed by atoms with Crippen molar-refractivity contribution in [1.29, 1.82) is 0 Å². The SMILES string of the molecule is CC[C@@H](C(C)C)C(Br)C(Br)[C@@H](C)[C@H]1CC[C@H]2[C@@H]3CC=C4CC(OC(C)=O)CC[C@]4(C)[C@H]3CC[C@]12C. The van der Waals surface area contributed by atoms with E-state index in [1.807, 2.05) is 0 Å². The van der Waals surface area contributed by atoms with Crippen LogP contribution in [-0.4, -0.2) is 21.7 Å². The lowest BCUT2D eigenvalue weighted by Gasteiger charge is -2.58. The first kappa shape index (κ1) is 28.2. The third-order valence-electron chi connectivity index (χ3n) is 11.6. The average molecular weight is 615 g/mol. The predicted molar refractivity (Wildman–Crippen MR) is 154 cm³/mol. The van der Waals surface area contributed by atoms with Gasteiger partial charge in [-0.3, -0.25) is 4.79 Å². The number of ether oxygens (including phenoxy) is 1. The Bertz CT molecular complexity index is 808. The van der Waals surface area contributed by atoms with Crippen LogP contribution in [0.4, 0.5) is 0 Å². The number of allylic oxidation sites excluding steroid dienone is 1. The number of rotatable bonds is 7. The molecular weight excluding hydrogens is 564 g/mol. The molecule has 0 bridgehead atoms. The Kier molecular flexibility index (Phi) is 8.65. The fourth-order valence-corrected chi connectivity index (χ4v) is 11.9. The van der Waals surface area contributed by atoms with Gasteiger partial charge in [0.2, 0.25) is 0 Å². The Labute approximate surface area is 232 Å². The number of hydrogen-bond acceptors (Lipinski definition) is 2. The summed E-state index contributed by atoms with van der Waals surface area (Å²) in [5, 5.41) is 0. The van der Waals surface area contributed by atoms with Gasteiger partial charge in [-0.15, -0.1) is 0 Å². The molecule has 0 aromatic carbocycles. The van der Waals surface area contributed by atoms with Crippen molar-refractivity contribution in [1.82, 2.24) is 0 Å². The van der Waals surface area contributed by atoms with Crippen LogP contribution in [0.1, 0.15) is 106 Å². The Morgan fingerprint density at radius 2 is 1.77 bits per heavy atom. The Hall–Kier alpha value is 0.170. The van der Waals surface area contributed by atoms with Crippen LogP contribution in [0.15, 0.2) is 11.6 Å². The second kappa shape index (κ2) is 10.7. The highest BCUT2D eigenvalue weighted by Gasteiger charge is 2.60. The van der Waals surface area contributed by atoms with Crippen molar-refractivity contribution >= 4 is 37.8 Å². The summed E-state index contributed by atoms with van der Waals surface area (Å²) in [4.78, 5) is 12.6. The van der Waals surface area contributed by atoms with Gasteiger partial charge in [-0.1, -0.05) is 91.5 Å². The number of fused-ring (bicyclic) bond motifs is 5. The van der Waals surface area contributed by atoms with Gasteiger partial charge >= 0.3 is 5.97 Å². The van der Waals surface area contributed by atoms with E-state index in [1.165, 1.54) is 44.9 Å². The Morgan fingerprint density at radius 1 is 1.06 bits per heavy atom. The molecule has 11 atom stereocenters. The maximum Gasteiger partial charge on any atom is 0.302 e. The molecule has 4 aliphatic rings. The number of alkyl halides is 2. The highest BCUT2D eigenvalue weighted by Crippen LogP contribution is 2.67. The highest BCUT2D eigenvalue weighted by molar-refractivity contribution is 9.12. The van der Waals surface area contributed by atoms with Crippen LogP contribution in [0.25, 0.3) is 0 Å². The molecule has 2 nitrogen and oxygen atoms in total.